The standard InChI is InChI=1S/7C11H21N2O3.2C2H2O4.BO3/c7*1-3-12-4-5-13(10-12)11-16-9-8-15-7-6-14-2;2*3-1(4)2(5)6;2-1(3)4/h7*4-5,10H,3,6-9,11H2,1-2H3;2*(H,3,4)(H,5,6);/q7*+1;;;-3/p-4. The molecule has 0 saturated carbocycles. The molecule has 0 spiro atoms. The Balaban J connectivity index is -0.00000138. The SMILES string of the molecule is CCn1cc[n+](COCCOCCOC)c1.CCn1cc[n+](COCCOCCOC)c1.CCn1cc[n+](COCCOCCOC)c1.CCn1cc[n+](COCCOCCOC)c1.CCn1cc[n+](COCCOCCOC)c1.CCn1cc[n+](COCCOCCOC)c1.CCn1cc[n+](COCCOCCOC)c1.O=C([O-])C(=O)[O-].O=C([O-])C(=O)[O-].[O-]B([O-])[O-]. The zero-order chi connectivity index (χ0) is 95.4. The average Bonchev–Trinajstić information content (AvgIpc) is 1.84. The average molecular weight is 1840 g/mol. The maximum Gasteiger partial charge on any atom is 0.245 e. The van der Waals surface area contributed by atoms with Gasteiger partial charge in [0.25, 0.3) is 0 Å². The Morgan fingerprint density at radius 1 is 0.211 bits per heavy atom. The van der Waals surface area contributed by atoms with Gasteiger partial charge >= 0.3 is 0 Å². The Labute approximate surface area is 753 Å². The molecule has 7 rings (SSSR count). The highest BCUT2D eigenvalue weighted by Crippen LogP contribution is 1.93. The van der Waals surface area contributed by atoms with Crippen molar-refractivity contribution in [3.05, 3.63) is 131 Å². The number of aryl methyl sites for hydroxylation is 7. The van der Waals surface area contributed by atoms with E-state index in [1.54, 1.807) is 49.8 Å². The first kappa shape index (κ1) is 124. The number of carbonyl (C=O) groups is 4. The van der Waals surface area contributed by atoms with Crippen LogP contribution in [0.15, 0.2) is 131 Å². The normalized spacial score (nSPS) is 10.4. The monoisotopic (exact) mass is 1840 g/mol. The molecule has 0 bridgehead atoms. The molecule has 736 valence electrons. The van der Waals surface area contributed by atoms with Gasteiger partial charge in [0.15, 0.2) is 47.1 Å². The molecule has 0 atom stereocenters. The van der Waals surface area contributed by atoms with Crippen molar-refractivity contribution in [2.75, 3.05) is 235 Å². The van der Waals surface area contributed by atoms with E-state index in [0.29, 0.717) is 232 Å². The van der Waals surface area contributed by atoms with E-state index in [1.807, 2.05) is 163 Å². The summed E-state index contributed by atoms with van der Waals surface area (Å²) in [7, 11) is 8.71. The number of hydrogen-bond acceptors (Lipinski definition) is 32. The smallest absolute Gasteiger partial charge is 0.245 e. The molecular weight excluding hydrogens is 1690 g/mol. The molecule has 7 heterocycles. The van der Waals surface area contributed by atoms with Crippen LogP contribution in [0.5, 0.6) is 0 Å². The summed E-state index contributed by atoms with van der Waals surface area (Å²) in [6, 6.07) is 0. The van der Waals surface area contributed by atoms with Crippen molar-refractivity contribution in [1.29, 1.82) is 0 Å². The summed E-state index contributed by atoms with van der Waals surface area (Å²) in [5, 5.41) is 61.0. The first-order chi connectivity index (χ1) is 62.1. The fourth-order valence-corrected chi connectivity index (χ4v) is 8.64. The number of nitrogens with zero attached hydrogens (tertiary/aromatic N) is 14. The van der Waals surface area contributed by atoms with Crippen LogP contribution in [0.1, 0.15) is 48.5 Å². The molecular formula is C81H147BN14O32. The van der Waals surface area contributed by atoms with Crippen molar-refractivity contribution in [3.63, 3.8) is 0 Å². The lowest BCUT2D eigenvalue weighted by Crippen LogP contribution is -2.56. The van der Waals surface area contributed by atoms with E-state index in [2.05, 4.69) is 80.4 Å². The molecule has 0 fully saturated rings. The molecule has 0 N–H and O–H groups in total. The van der Waals surface area contributed by atoms with Crippen molar-refractivity contribution in [3.8, 4) is 0 Å². The van der Waals surface area contributed by atoms with Gasteiger partial charge in [-0.1, -0.05) is 0 Å². The predicted octanol–water partition coefficient (Wildman–Crippen LogP) is -7.95. The number of aliphatic carboxylic acids is 4. The van der Waals surface area contributed by atoms with Crippen LogP contribution in [0, 0.1) is 0 Å². The number of rotatable bonds is 63. The van der Waals surface area contributed by atoms with Gasteiger partial charge in [-0.15, -0.1) is 0 Å². The molecule has 0 unspecified atom stereocenters. The number of carbonyl (C=O) groups excluding carboxylic acids is 4. The summed E-state index contributed by atoms with van der Waals surface area (Å²) in [6.45, 7) is 42.9. The predicted molar refractivity (Wildman–Crippen MR) is 438 cm³/mol. The van der Waals surface area contributed by atoms with Crippen LogP contribution in [0.3, 0.4) is 0 Å². The van der Waals surface area contributed by atoms with Gasteiger partial charge in [0.2, 0.25) is 44.3 Å². The van der Waals surface area contributed by atoms with Crippen molar-refractivity contribution in [1.82, 2.24) is 32.0 Å². The first-order valence-electron chi connectivity index (χ1n) is 41.7. The lowest BCUT2D eigenvalue weighted by atomic mass is 10.3. The zero-order valence-electron chi connectivity index (χ0n) is 77.7. The fraction of sp³-hybridized carbons (Fsp3) is 0.691. The van der Waals surface area contributed by atoms with Crippen LogP contribution in [0.2, 0.25) is 0 Å². The third-order valence-electron chi connectivity index (χ3n) is 15.4. The molecule has 0 radical (unpaired) electrons. The van der Waals surface area contributed by atoms with E-state index in [9.17, 15) is 0 Å². The highest BCUT2D eigenvalue weighted by Gasteiger charge is 2.08. The summed E-state index contributed by atoms with van der Waals surface area (Å²) in [5.41, 5.74) is 0. The minimum atomic E-state index is -2.92. The van der Waals surface area contributed by atoms with E-state index in [-0.39, 0.29) is 0 Å². The van der Waals surface area contributed by atoms with E-state index in [4.69, 9.17) is 154 Å². The molecule has 7 aromatic heterocycles. The summed E-state index contributed by atoms with van der Waals surface area (Å²) < 4.78 is 138. The minimum Gasteiger partial charge on any atom is -0.907 e. The van der Waals surface area contributed by atoms with E-state index >= 15 is 0 Å². The number of hydrogen-bond donors (Lipinski definition) is 0. The number of ether oxygens (including phenoxy) is 21. The molecule has 0 amide bonds. The molecule has 0 aliphatic heterocycles. The lowest BCUT2D eigenvalue weighted by Gasteiger charge is -2.35. The minimum absolute atomic E-state index is 0.570. The van der Waals surface area contributed by atoms with E-state index in [1.165, 1.54) is 0 Å². The second-order valence-electron chi connectivity index (χ2n) is 25.2. The Morgan fingerprint density at radius 2 is 0.312 bits per heavy atom. The molecule has 0 aromatic carbocycles. The zero-order valence-corrected chi connectivity index (χ0v) is 77.7. The van der Waals surface area contributed by atoms with Gasteiger partial charge in [-0.25, -0.2) is 63.9 Å². The number of carboxylic acid groups (broad SMARTS) is 4. The van der Waals surface area contributed by atoms with E-state index in [0.717, 1.165) is 45.8 Å². The highest BCUT2D eigenvalue weighted by atomic mass is 16.6. The highest BCUT2D eigenvalue weighted by molar-refractivity contribution is 6.25. The van der Waals surface area contributed by atoms with Gasteiger partial charge in [0, 0.05) is 49.8 Å². The van der Waals surface area contributed by atoms with Gasteiger partial charge in [-0.05, 0) is 48.5 Å². The van der Waals surface area contributed by atoms with Crippen LogP contribution < -0.4 is 67.5 Å². The summed E-state index contributed by atoms with van der Waals surface area (Å²) in [5.74, 6) is -8.74. The maximum absolute atomic E-state index is 8.93. The number of carboxylic acids is 4. The molecule has 128 heavy (non-hydrogen) atoms. The second kappa shape index (κ2) is 93.1. The Bertz CT molecular complexity index is 2940. The Kier molecular flexibility index (Phi) is 89.9. The van der Waals surface area contributed by atoms with Crippen LogP contribution in [-0.4, -0.2) is 298 Å². The van der Waals surface area contributed by atoms with Crippen molar-refractivity contribution in [2.45, 2.75) is 141 Å². The van der Waals surface area contributed by atoms with Gasteiger partial charge < -0.3 is 154 Å². The number of methoxy groups -OCH3 is 7. The van der Waals surface area contributed by atoms with Crippen LogP contribution in [0.4, 0.5) is 0 Å². The molecule has 7 aromatic rings. The lowest BCUT2D eigenvalue weighted by molar-refractivity contribution is -0.732. The number of imidazole rings is 7. The van der Waals surface area contributed by atoms with Gasteiger partial charge in [0.05, 0.1) is 255 Å². The Morgan fingerprint density at radius 3 is 0.398 bits per heavy atom. The van der Waals surface area contributed by atoms with Gasteiger partial charge in [-0.2, -0.15) is 0 Å². The van der Waals surface area contributed by atoms with Crippen LogP contribution in [-0.2, 0) is 212 Å². The summed E-state index contributed by atoms with van der Waals surface area (Å²) in [4.78, 5) is 35.7. The van der Waals surface area contributed by atoms with E-state index < -0.39 is 31.2 Å². The summed E-state index contributed by atoms with van der Waals surface area (Å²) in [6.07, 6.45) is 42.3. The topological polar surface area (TPSA) is 485 Å². The quantitative estimate of drug-likeness (QED) is 0.0148. The van der Waals surface area contributed by atoms with Crippen LogP contribution in [0.25, 0.3) is 0 Å². The third-order valence-corrected chi connectivity index (χ3v) is 15.4. The number of aromatic nitrogens is 14. The third kappa shape index (κ3) is 81.9. The van der Waals surface area contributed by atoms with Gasteiger partial charge in [0.1, 0.15) is 86.8 Å². The summed E-state index contributed by atoms with van der Waals surface area (Å²) >= 11 is 0. The van der Waals surface area contributed by atoms with Gasteiger partial charge in [-0.3, -0.25) is 7.32 Å². The Hall–Kier alpha value is -8.55. The molecule has 46 nitrogen and oxygen atoms in total. The first-order valence-corrected chi connectivity index (χ1v) is 41.7. The van der Waals surface area contributed by atoms with Crippen molar-refractivity contribution >= 4 is 31.2 Å². The largest absolute Gasteiger partial charge is 0.907 e. The molecule has 47 heteroatoms. The van der Waals surface area contributed by atoms with Crippen molar-refractivity contribution < 1.29 is 186 Å². The van der Waals surface area contributed by atoms with Crippen LogP contribution >= 0.6 is 0 Å². The molecule has 0 aliphatic rings. The molecule has 0 aliphatic carbocycles. The molecule has 0 saturated heterocycles. The van der Waals surface area contributed by atoms with Crippen molar-refractivity contribution in [2.24, 2.45) is 0 Å². The second-order valence-corrected chi connectivity index (χ2v) is 25.2. The fourth-order valence-electron chi connectivity index (χ4n) is 8.64. The maximum atomic E-state index is 8.93.